The summed E-state index contributed by atoms with van der Waals surface area (Å²) in [6.07, 6.45) is 7.35. The van der Waals surface area contributed by atoms with E-state index in [1.54, 1.807) is 4.90 Å². The summed E-state index contributed by atoms with van der Waals surface area (Å²) < 4.78 is 2.24. The molecule has 6 rings (SSSR count). The summed E-state index contributed by atoms with van der Waals surface area (Å²) in [6, 6.07) is 8.27. The van der Waals surface area contributed by atoms with Gasteiger partial charge >= 0.3 is 0 Å². The standard InChI is InChI=1S/C24H34N4O/c1-3-27(4-2)9-10-28-21-8-6-5-7-20(21)25-23(28)26-22(29)24-14-17-11-18(15-24)13-19(12-17)16-24/h5-8,17-19H,3-4,9-16H2,1-2H3,(H,25,26,29)/p+1. The molecule has 2 aromatic rings. The average molecular weight is 396 g/mol. The molecular formula is C24H35N4O+. The Morgan fingerprint density at radius 2 is 1.72 bits per heavy atom. The van der Waals surface area contributed by atoms with E-state index in [2.05, 4.69) is 41.9 Å². The van der Waals surface area contributed by atoms with Crippen molar-refractivity contribution in [1.29, 1.82) is 0 Å². The van der Waals surface area contributed by atoms with Crippen LogP contribution in [0.4, 0.5) is 5.95 Å². The van der Waals surface area contributed by atoms with Gasteiger partial charge in [0.05, 0.1) is 42.6 Å². The zero-order valence-corrected chi connectivity index (χ0v) is 17.9. The lowest BCUT2D eigenvalue weighted by Crippen LogP contribution is -3.11. The van der Waals surface area contributed by atoms with Crippen LogP contribution in [-0.4, -0.2) is 35.1 Å². The number of nitrogens with zero attached hydrogens (tertiary/aromatic N) is 2. The summed E-state index contributed by atoms with van der Waals surface area (Å²) in [5, 5.41) is 3.32. The van der Waals surface area contributed by atoms with Crippen molar-refractivity contribution < 1.29 is 9.69 Å². The third-order valence-corrected chi connectivity index (χ3v) is 8.09. The van der Waals surface area contributed by atoms with E-state index in [1.165, 1.54) is 19.3 Å². The number of hydrogen-bond acceptors (Lipinski definition) is 2. The van der Waals surface area contributed by atoms with Crippen molar-refractivity contribution in [2.45, 2.75) is 58.9 Å². The monoisotopic (exact) mass is 395 g/mol. The first-order valence-electron chi connectivity index (χ1n) is 11.7. The third-order valence-electron chi connectivity index (χ3n) is 8.09. The number of amides is 1. The molecule has 4 fully saturated rings. The van der Waals surface area contributed by atoms with Gasteiger partial charge in [-0.25, -0.2) is 4.98 Å². The highest BCUT2D eigenvalue weighted by Crippen LogP contribution is 2.60. The van der Waals surface area contributed by atoms with Gasteiger partial charge in [-0.05, 0) is 82.3 Å². The Balaban J connectivity index is 1.41. The van der Waals surface area contributed by atoms with Gasteiger partial charge in [-0.15, -0.1) is 0 Å². The van der Waals surface area contributed by atoms with Crippen molar-refractivity contribution in [2.75, 3.05) is 25.0 Å². The second-order valence-electron chi connectivity index (χ2n) is 9.93. The van der Waals surface area contributed by atoms with Crippen LogP contribution >= 0.6 is 0 Å². The van der Waals surface area contributed by atoms with Crippen LogP contribution in [0.3, 0.4) is 0 Å². The van der Waals surface area contributed by atoms with Gasteiger partial charge in [-0.3, -0.25) is 10.1 Å². The van der Waals surface area contributed by atoms with Crippen LogP contribution in [0.2, 0.25) is 0 Å². The number of fused-ring (bicyclic) bond motifs is 1. The quantitative estimate of drug-likeness (QED) is 0.757. The number of quaternary nitrogens is 1. The smallest absolute Gasteiger partial charge is 0.232 e. The molecule has 1 aromatic carbocycles. The molecule has 4 aliphatic carbocycles. The molecule has 0 saturated heterocycles. The zero-order chi connectivity index (χ0) is 20.0. The Morgan fingerprint density at radius 1 is 1.10 bits per heavy atom. The number of carbonyl (C=O) groups excluding carboxylic acids is 1. The van der Waals surface area contributed by atoms with Crippen molar-refractivity contribution in [3.8, 4) is 0 Å². The van der Waals surface area contributed by atoms with Gasteiger partial charge in [0.2, 0.25) is 11.9 Å². The van der Waals surface area contributed by atoms with Gasteiger partial charge < -0.3 is 9.47 Å². The summed E-state index contributed by atoms with van der Waals surface area (Å²) in [4.78, 5) is 20.0. The molecule has 4 aliphatic rings. The number of nitrogens with one attached hydrogen (secondary N) is 2. The summed E-state index contributed by atoms with van der Waals surface area (Å²) in [5.74, 6) is 3.31. The maximum Gasteiger partial charge on any atom is 0.232 e. The van der Waals surface area contributed by atoms with Crippen LogP contribution in [0.25, 0.3) is 11.0 Å². The highest BCUT2D eigenvalue weighted by atomic mass is 16.2. The lowest BCUT2D eigenvalue weighted by atomic mass is 9.49. The fraction of sp³-hybridized carbons (Fsp3) is 0.667. The Hall–Kier alpha value is -1.88. The average Bonchev–Trinajstić information content (AvgIpc) is 3.05. The van der Waals surface area contributed by atoms with Crippen LogP contribution in [0.1, 0.15) is 52.4 Å². The van der Waals surface area contributed by atoms with Crippen LogP contribution in [-0.2, 0) is 11.3 Å². The van der Waals surface area contributed by atoms with Crippen LogP contribution in [0.5, 0.6) is 0 Å². The lowest BCUT2D eigenvalue weighted by Gasteiger charge is -2.55. The topological polar surface area (TPSA) is 51.4 Å². The number of hydrogen-bond donors (Lipinski definition) is 2. The molecule has 2 N–H and O–H groups in total. The largest absolute Gasteiger partial charge is 0.334 e. The molecule has 0 spiro atoms. The molecule has 156 valence electrons. The number of para-hydroxylation sites is 2. The van der Waals surface area contributed by atoms with E-state index < -0.39 is 0 Å². The normalized spacial score (nSPS) is 30.4. The van der Waals surface area contributed by atoms with E-state index in [-0.39, 0.29) is 11.3 Å². The maximum absolute atomic E-state index is 13.6. The molecule has 4 bridgehead atoms. The minimum absolute atomic E-state index is 0.137. The predicted molar refractivity (Wildman–Crippen MR) is 116 cm³/mol. The zero-order valence-electron chi connectivity index (χ0n) is 17.9. The second-order valence-corrected chi connectivity index (χ2v) is 9.93. The molecule has 5 nitrogen and oxygen atoms in total. The van der Waals surface area contributed by atoms with Crippen molar-refractivity contribution in [3.63, 3.8) is 0 Å². The number of benzene rings is 1. The van der Waals surface area contributed by atoms with Crippen LogP contribution in [0.15, 0.2) is 24.3 Å². The summed E-state index contributed by atoms with van der Waals surface area (Å²) in [6.45, 7) is 8.65. The fourth-order valence-electron chi connectivity index (χ4n) is 6.89. The summed E-state index contributed by atoms with van der Waals surface area (Å²) >= 11 is 0. The van der Waals surface area contributed by atoms with Gasteiger partial charge in [0.25, 0.3) is 0 Å². The molecule has 0 radical (unpaired) electrons. The first-order chi connectivity index (χ1) is 14.1. The molecule has 5 heteroatoms. The van der Waals surface area contributed by atoms with E-state index in [1.807, 2.05) is 6.07 Å². The van der Waals surface area contributed by atoms with E-state index in [4.69, 9.17) is 4.98 Å². The van der Waals surface area contributed by atoms with Gasteiger partial charge in [-0.2, -0.15) is 0 Å². The Morgan fingerprint density at radius 3 is 2.34 bits per heavy atom. The van der Waals surface area contributed by atoms with Gasteiger partial charge in [0, 0.05) is 0 Å². The Kier molecular flexibility index (Phi) is 4.89. The van der Waals surface area contributed by atoms with Gasteiger partial charge in [0.15, 0.2) is 0 Å². The molecule has 0 aliphatic heterocycles. The number of imidazole rings is 1. The van der Waals surface area contributed by atoms with Gasteiger partial charge in [0.1, 0.15) is 0 Å². The molecular weight excluding hydrogens is 360 g/mol. The van der Waals surface area contributed by atoms with Gasteiger partial charge in [-0.1, -0.05) is 12.1 Å². The molecule has 1 amide bonds. The molecule has 1 heterocycles. The number of carbonyl (C=O) groups is 1. The molecule has 29 heavy (non-hydrogen) atoms. The summed E-state index contributed by atoms with van der Waals surface area (Å²) in [5.41, 5.74) is 1.96. The molecule has 0 atom stereocenters. The maximum atomic E-state index is 13.6. The molecule has 0 unspecified atom stereocenters. The van der Waals surface area contributed by atoms with E-state index in [9.17, 15) is 4.79 Å². The Bertz CT molecular complexity index is 862. The SMILES string of the molecule is CC[NH+](CC)CCn1c(NC(=O)C23CC4CC(CC(C4)C2)C3)nc2ccccc21. The number of anilines is 1. The first kappa shape index (κ1) is 19.1. The first-order valence-corrected chi connectivity index (χ1v) is 11.7. The lowest BCUT2D eigenvalue weighted by molar-refractivity contribution is -0.897. The molecule has 4 saturated carbocycles. The predicted octanol–water partition coefficient (Wildman–Crippen LogP) is 3.12. The van der Waals surface area contributed by atoms with Crippen LogP contribution < -0.4 is 10.2 Å². The van der Waals surface area contributed by atoms with Crippen LogP contribution in [0, 0.1) is 23.2 Å². The van der Waals surface area contributed by atoms with Crippen molar-refractivity contribution in [3.05, 3.63) is 24.3 Å². The molecule has 1 aromatic heterocycles. The fourth-order valence-corrected chi connectivity index (χ4v) is 6.89. The minimum atomic E-state index is -0.137. The van der Waals surface area contributed by atoms with Crippen molar-refractivity contribution >= 4 is 22.9 Å². The highest BCUT2D eigenvalue weighted by molar-refractivity contribution is 5.96. The number of rotatable bonds is 7. The highest BCUT2D eigenvalue weighted by Gasteiger charge is 2.54. The Labute approximate surface area is 173 Å². The van der Waals surface area contributed by atoms with E-state index >= 15 is 0 Å². The number of likely N-dealkylation sites (N-methyl/N-ethyl adjacent to an activating group) is 1. The summed E-state index contributed by atoms with van der Waals surface area (Å²) in [7, 11) is 0. The second kappa shape index (κ2) is 7.42. The van der Waals surface area contributed by atoms with Crippen molar-refractivity contribution in [1.82, 2.24) is 9.55 Å². The number of aromatic nitrogens is 2. The van der Waals surface area contributed by atoms with Crippen molar-refractivity contribution in [2.24, 2.45) is 23.2 Å². The third kappa shape index (κ3) is 3.37. The van der Waals surface area contributed by atoms with E-state index in [0.717, 1.165) is 80.2 Å². The minimum Gasteiger partial charge on any atom is -0.334 e. The van der Waals surface area contributed by atoms with E-state index in [0.29, 0.717) is 0 Å².